The number of fused-ring (bicyclic) bond motifs is 11. The number of thiophene rings is 1. The Morgan fingerprint density at radius 1 is 0.317 bits per heavy atom. The van der Waals surface area contributed by atoms with Gasteiger partial charge in [-0.3, -0.25) is 0 Å². The Balaban J connectivity index is 0.984. The predicted molar refractivity (Wildman–Crippen MR) is 272 cm³/mol. The first-order chi connectivity index (χ1) is 31.2. The van der Waals surface area contributed by atoms with E-state index in [4.69, 9.17) is 0 Å². The van der Waals surface area contributed by atoms with E-state index in [0.29, 0.717) is 0 Å². The molecule has 0 spiro atoms. The molecule has 0 unspecified atom stereocenters. The van der Waals surface area contributed by atoms with Crippen molar-refractivity contribution in [3.05, 3.63) is 231 Å². The maximum atomic E-state index is 2.48. The smallest absolute Gasteiger partial charge is 0.0640 e. The van der Waals surface area contributed by atoms with E-state index >= 15 is 0 Å². The van der Waals surface area contributed by atoms with Crippen LogP contribution in [0.5, 0.6) is 0 Å². The van der Waals surface area contributed by atoms with E-state index in [9.17, 15) is 0 Å². The third-order valence-electron chi connectivity index (χ3n) is 13.0. The lowest BCUT2D eigenvalue weighted by molar-refractivity contribution is 1.18. The van der Waals surface area contributed by atoms with E-state index in [1.807, 2.05) is 11.3 Å². The fourth-order valence-corrected chi connectivity index (χ4v) is 11.4. The molecule has 0 atom stereocenters. The standard InChI is InChI=1S/C60H38N2S/c1-3-17-47-40(13-1)27-28-43-37-44(32-35-48(43)47)49-18-5-8-23-55(49)61(58-26-12-22-53-54-36-31-41-14-2-4-19-50(41)59(54)63-60(53)58)45-33-29-39(30-34-45)42-15-11-16-46(38-42)62-56-24-9-6-20-51(56)52-21-7-10-25-57(52)62/h1-38H. The van der Waals surface area contributed by atoms with Crippen LogP contribution in [-0.4, -0.2) is 4.57 Å². The molecule has 0 N–H and O–H groups in total. The Morgan fingerprint density at radius 2 is 0.873 bits per heavy atom. The van der Waals surface area contributed by atoms with Crippen LogP contribution in [0, 0.1) is 0 Å². The number of nitrogens with zero attached hydrogens (tertiary/aromatic N) is 2. The van der Waals surface area contributed by atoms with Gasteiger partial charge in [0.05, 0.1) is 27.1 Å². The summed E-state index contributed by atoms with van der Waals surface area (Å²) in [6.45, 7) is 0. The Kier molecular flexibility index (Phi) is 8.12. The molecule has 63 heavy (non-hydrogen) atoms. The summed E-state index contributed by atoms with van der Waals surface area (Å²) in [6, 6.07) is 84.7. The van der Waals surface area contributed by atoms with Gasteiger partial charge in [0, 0.05) is 43.2 Å². The molecule has 0 bridgehead atoms. The molecule has 0 aliphatic rings. The topological polar surface area (TPSA) is 8.17 Å². The molecule has 2 heterocycles. The fraction of sp³-hybridized carbons (Fsp3) is 0. The molecule has 294 valence electrons. The van der Waals surface area contributed by atoms with Crippen LogP contribution < -0.4 is 4.90 Å². The zero-order valence-corrected chi connectivity index (χ0v) is 35.1. The summed E-state index contributed by atoms with van der Waals surface area (Å²) in [6.07, 6.45) is 0. The lowest BCUT2D eigenvalue weighted by Gasteiger charge is -2.28. The highest BCUT2D eigenvalue weighted by Crippen LogP contribution is 2.49. The van der Waals surface area contributed by atoms with E-state index < -0.39 is 0 Å². The Bertz CT molecular complexity index is 3870. The SMILES string of the molecule is c1cc(-c2ccc(N(c3ccccc3-c3ccc4c(ccc5ccccc54)c3)c3cccc4c3sc3c5ccccc5ccc43)cc2)cc(-n2c3ccccc3c3ccccc32)c1. The fourth-order valence-electron chi connectivity index (χ4n) is 10.0. The molecule has 13 rings (SSSR count). The Labute approximate surface area is 368 Å². The van der Waals surface area contributed by atoms with Crippen LogP contribution in [0.4, 0.5) is 17.1 Å². The molecule has 0 fully saturated rings. The second-order valence-corrected chi connectivity index (χ2v) is 17.5. The first-order valence-electron chi connectivity index (χ1n) is 21.6. The van der Waals surface area contributed by atoms with E-state index in [1.54, 1.807) is 0 Å². The molecule has 2 nitrogen and oxygen atoms in total. The maximum absolute atomic E-state index is 2.48. The average molecular weight is 819 g/mol. The molecule has 2 aromatic heterocycles. The number of aromatic nitrogens is 1. The van der Waals surface area contributed by atoms with Crippen molar-refractivity contribution in [2.24, 2.45) is 0 Å². The first kappa shape index (κ1) is 35.7. The van der Waals surface area contributed by atoms with Gasteiger partial charge in [-0.1, -0.05) is 176 Å². The van der Waals surface area contributed by atoms with Crippen molar-refractivity contribution >= 4 is 103 Å². The summed E-state index contributed by atoms with van der Waals surface area (Å²) in [5.41, 5.74) is 11.7. The van der Waals surface area contributed by atoms with Crippen LogP contribution >= 0.6 is 11.3 Å². The van der Waals surface area contributed by atoms with Crippen LogP contribution in [0.2, 0.25) is 0 Å². The summed E-state index contributed by atoms with van der Waals surface area (Å²) >= 11 is 1.90. The third kappa shape index (κ3) is 5.71. The molecule has 0 saturated carbocycles. The average Bonchev–Trinajstić information content (AvgIpc) is 3.91. The maximum Gasteiger partial charge on any atom is 0.0640 e. The zero-order valence-electron chi connectivity index (χ0n) is 34.2. The van der Waals surface area contributed by atoms with Gasteiger partial charge < -0.3 is 9.47 Å². The first-order valence-corrected chi connectivity index (χ1v) is 22.4. The van der Waals surface area contributed by atoms with Gasteiger partial charge in [0.25, 0.3) is 0 Å². The van der Waals surface area contributed by atoms with Crippen molar-refractivity contribution in [3.8, 4) is 27.9 Å². The van der Waals surface area contributed by atoms with Gasteiger partial charge in [0.1, 0.15) is 0 Å². The summed E-state index contributed by atoms with van der Waals surface area (Å²) in [5.74, 6) is 0. The highest BCUT2D eigenvalue weighted by atomic mass is 32.1. The van der Waals surface area contributed by atoms with Crippen molar-refractivity contribution in [3.63, 3.8) is 0 Å². The van der Waals surface area contributed by atoms with Crippen molar-refractivity contribution in [2.75, 3.05) is 4.90 Å². The molecule has 0 aliphatic heterocycles. The number of hydrogen-bond donors (Lipinski definition) is 0. The van der Waals surface area contributed by atoms with Crippen molar-refractivity contribution in [1.82, 2.24) is 4.57 Å². The van der Waals surface area contributed by atoms with Gasteiger partial charge in [-0.25, -0.2) is 0 Å². The number of rotatable bonds is 6. The van der Waals surface area contributed by atoms with E-state index in [-0.39, 0.29) is 0 Å². The van der Waals surface area contributed by atoms with Gasteiger partial charge in [-0.05, 0) is 104 Å². The molecule has 0 aliphatic carbocycles. The third-order valence-corrected chi connectivity index (χ3v) is 14.2. The number of benzene rings is 11. The Morgan fingerprint density at radius 3 is 1.68 bits per heavy atom. The van der Waals surface area contributed by atoms with E-state index in [0.717, 1.165) is 22.7 Å². The number of anilines is 3. The largest absolute Gasteiger partial charge is 0.309 e. The van der Waals surface area contributed by atoms with E-state index in [2.05, 4.69) is 240 Å². The minimum Gasteiger partial charge on any atom is -0.309 e. The van der Waals surface area contributed by atoms with E-state index in [1.165, 1.54) is 96.5 Å². The van der Waals surface area contributed by atoms with Gasteiger partial charge >= 0.3 is 0 Å². The molecular weight excluding hydrogens is 781 g/mol. The van der Waals surface area contributed by atoms with Crippen LogP contribution in [0.3, 0.4) is 0 Å². The van der Waals surface area contributed by atoms with Gasteiger partial charge in [0.2, 0.25) is 0 Å². The normalized spacial score (nSPS) is 11.8. The highest BCUT2D eigenvalue weighted by molar-refractivity contribution is 7.27. The lowest BCUT2D eigenvalue weighted by atomic mass is 9.96. The van der Waals surface area contributed by atoms with Crippen LogP contribution in [0.15, 0.2) is 231 Å². The zero-order chi connectivity index (χ0) is 41.4. The van der Waals surface area contributed by atoms with Crippen LogP contribution in [-0.2, 0) is 0 Å². The van der Waals surface area contributed by atoms with Crippen LogP contribution in [0.1, 0.15) is 0 Å². The van der Waals surface area contributed by atoms with Gasteiger partial charge in [-0.2, -0.15) is 0 Å². The minimum absolute atomic E-state index is 1.10. The summed E-state index contributed by atoms with van der Waals surface area (Å²) in [7, 11) is 0. The molecule has 0 amide bonds. The predicted octanol–water partition coefficient (Wildman–Crippen LogP) is 17.4. The van der Waals surface area contributed by atoms with Crippen molar-refractivity contribution in [1.29, 1.82) is 0 Å². The summed E-state index contributed by atoms with van der Waals surface area (Å²) < 4.78 is 4.99. The molecule has 11 aromatic carbocycles. The lowest BCUT2D eigenvalue weighted by Crippen LogP contribution is -2.11. The highest BCUT2D eigenvalue weighted by Gasteiger charge is 2.22. The monoisotopic (exact) mass is 818 g/mol. The summed E-state index contributed by atoms with van der Waals surface area (Å²) in [5, 5.41) is 12.7. The van der Waals surface area contributed by atoms with Gasteiger partial charge in [-0.15, -0.1) is 11.3 Å². The Hall–Kier alpha value is -7.98. The van der Waals surface area contributed by atoms with Crippen LogP contribution in [0.25, 0.3) is 102 Å². The second-order valence-electron chi connectivity index (χ2n) is 16.5. The van der Waals surface area contributed by atoms with Crippen molar-refractivity contribution < 1.29 is 0 Å². The molecule has 0 saturated heterocycles. The number of para-hydroxylation sites is 3. The minimum atomic E-state index is 1.10. The quantitative estimate of drug-likeness (QED) is 0.152. The molecular formula is C60H38N2S. The van der Waals surface area contributed by atoms with Crippen molar-refractivity contribution in [2.45, 2.75) is 0 Å². The second kappa shape index (κ2) is 14.3. The van der Waals surface area contributed by atoms with Gasteiger partial charge in [0.15, 0.2) is 0 Å². The molecule has 0 radical (unpaired) electrons. The summed E-state index contributed by atoms with van der Waals surface area (Å²) in [4.78, 5) is 2.48. The number of hydrogen-bond acceptors (Lipinski definition) is 2. The molecule has 3 heteroatoms. The molecule has 13 aromatic rings.